The van der Waals surface area contributed by atoms with Crippen molar-refractivity contribution < 1.29 is 4.79 Å². The highest BCUT2D eigenvalue weighted by atomic mass is 35.5. The Bertz CT molecular complexity index is 438. The van der Waals surface area contributed by atoms with Crippen molar-refractivity contribution in [1.82, 2.24) is 4.90 Å². The summed E-state index contributed by atoms with van der Waals surface area (Å²) in [5.41, 5.74) is 7.23. The Morgan fingerprint density at radius 1 is 1.33 bits per heavy atom. The second kappa shape index (κ2) is 8.40. The second-order valence-corrected chi connectivity index (χ2v) is 5.95. The van der Waals surface area contributed by atoms with Crippen LogP contribution in [0.3, 0.4) is 0 Å². The standard InChI is InChI=1S/C17H26N2O.ClH/c1-3-7-13(2)17(20)19-11-15(10-18)16(12-19)14-8-5-4-6-9-14;/h4-6,8-9,13,15-16H,3,7,10-12,18H2,1-2H3;1H/t13?,15-,16+;/m1./s1. The monoisotopic (exact) mass is 310 g/mol. The summed E-state index contributed by atoms with van der Waals surface area (Å²) in [7, 11) is 0. The smallest absolute Gasteiger partial charge is 0.225 e. The number of rotatable bonds is 5. The van der Waals surface area contributed by atoms with Crippen molar-refractivity contribution in [2.45, 2.75) is 32.6 Å². The lowest BCUT2D eigenvalue weighted by atomic mass is 9.89. The summed E-state index contributed by atoms with van der Waals surface area (Å²) < 4.78 is 0. The van der Waals surface area contributed by atoms with Crippen LogP contribution in [0.2, 0.25) is 0 Å². The van der Waals surface area contributed by atoms with Gasteiger partial charge in [0.25, 0.3) is 0 Å². The minimum atomic E-state index is 0. The van der Waals surface area contributed by atoms with Crippen LogP contribution in [-0.4, -0.2) is 30.4 Å². The summed E-state index contributed by atoms with van der Waals surface area (Å²) in [6, 6.07) is 10.5. The van der Waals surface area contributed by atoms with Gasteiger partial charge in [0, 0.05) is 24.9 Å². The van der Waals surface area contributed by atoms with Crippen molar-refractivity contribution >= 4 is 18.3 Å². The molecule has 1 fully saturated rings. The van der Waals surface area contributed by atoms with Crippen LogP contribution in [0.1, 0.15) is 38.2 Å². The molecule has 2 rings (SSSR count). The van der Waals surface area contributed by atoms with E-state index >= 15 is 0 Å². The number of halogens is 1. The first-order chi connectivity index (χ1) is 9.67. The molecule has 0 radical (unpaired) electrons. The predicted molar refractivity (Wildman–Crippen MR) is 89.6 cm³/mol. The fraction of sp³-hybridized carbons (Fsp3) is 0.588. The highest BCUT2D eigenvalue weighted by Gasteiger charge is 2.36. The summed E-state index contributed by atoms with van der Waals surface area (Å²) in [6.07, 6.45) is 2.03. The van der Waals surface area contributed by atoms with E-state index in [0.717, 1.165) is 25.9 Å². The van der Waals surface area contributed by atoms with E-state index in [9.17, 15) is 4.79 Å². The molecule has 0 saturated carbocycles. The number of benzene rings is 1. The fourth-order valence-electron chi connectivity index (χ4n) is 3.24. The Kier molecular flexibility index (Phi) is 7.20. The van der Waals surface area contributed by atoms with E-state index in [-0.39, 0.29) is 18.3 Å². The highest BCUT2D eigenvalue weighted by Crippen LogP contribution is 2.33. The minimum absolute atomic E-state index is 0. The number of likely N-dealkylation sites (tertiary alicyclic amines) is 1. The van der Waals surface area contributed by atoms with E-state index in [4.69, 9.17) is 5.73 Å². The van der Waals surface area contributed by atoms with Crippen molar-refractivity contribution in [3.8, 4) is 0 Å². The third-order valence-corrected chi connectivity index (χ3v) is 4.43. The van der Waals surface area contributed by atoms with Crippen molar-refractivity contribution in [3.05, 3.63) is 35.9 Å². The normalized spacial score (nSPS) is 22.7. The van der Waals surface area contributed by atoms with Gasteiger partial charge in [-0.2, -0.15) is 0 Å². The number of carbonyl (C=O) groups excluding carboxylic acids is 1. The molecule has 1 saturated heterocycles. The number of amides is 1. The maximum Gasteiger partial charge on any atom is 0.225 e. The molecule has 1 aromatic rings. The summed E-state index contributed by atoms with van der Waals surface area (Å²) in [4.78, 5) is 14.5. The molecule has 1 unspecified atom stereocenters. The number of carbonyl (C=O) groups is 1. The lowest BCUT2D eigenvalue weighted by molar-refractivity contribution is -0.134. The summed E-state index contributed by atoms with van der Waals surface area (Å²) in [5.74, 6) is 1.20. The SMILES string of the molecule is CCCC(C)C(=O)N1C[C@@H](CN)[C@H](c2ccccc2)C1.Cl. The van der Waals surface area contributed by atoms with Gasteiger partial charge in [0.05, 0.1) is 0 Å². The van der Waals surface area contributed by atoms with Crippen LogP contribution >= 0.6 is 12.4 Å². The zero-order valence-electron chi connectivity index (χ0n) is 13.0. The van der Waals surface area contributed by atoms with Crippen molar-refractivity contribution in [2.24, 2.45) is 17.6 Å². The topological polar surface area (TPSA) is 46.3 Å². The molecule has 21 heavy (non-hydrogen) atoms. The van der Waals surface area contributed by atoms with Crippen molar-refractivity contribution in [1.29, 1.82) is 0 Å². The lowest BCUT2D eigenvalue weighted by Crippen LogP contribution is -2.34. The highest BCUT2D eigenvalue weighted by molar-refractivity contribution is 5.85. The predicted octanol–water partition coefficient (Wildman–Crippen LogP) is 3.05. The van der Waals surface area contributed by atoms with Gasteiger partial charge in [-0.3, -0.25) is 4.79 Å². The average molecular weight is 311 g/mol. The zero-order valence-corrected chi connectivity index (χ0v) is 13.8. The minimum Gasteiger partial charge on any atom is -0.341 e. The third-order valence-electron chi connectivity index (χ3n) is 4.43. The maximum absolute atomic E-state index is 12.5. The molecule has 3 nitrogen and oxygen atoms in total. The van der Waals surface area contributed by atoms with Gasteiger partial charge < -0.3 is 10.6 Å². The molecule has 2 N–H and O–H groups in total. The quantitative estimate of drug-likeness (QED) is 0.908. The number of nitrogens with two attached hydrogens (primary N) is 1. The molecular formula is C17H27ClN2O. The molecule has 3 atom stereocenters. The molecule has 4 heteroatoms. The Morgan fingerprint density at radius 3 is 2.57 bits per heavy atom. The molecule has 1 aliphatic heterocycles. The van der Waals surface area contributed by atoms with E-state index in [0.29, 0.717) is 24.3 Å². The van der Waals surface area contributed by atoms with Crippen LogP contribution in [0.4, 0.5) is 0 Å². The molecular weight excluding hydrogens is 284 g/mol. The Balaban J connectivity index is 0.00000220. The first kappa shape index (κ1) is 18.0. The van der Waals surface area contributed by atoms with E-state index < -0.39 is 0 Å². The van der Waals surface area contributed by atoms with Crippen LogP contribution < -0.4 is 5.73 Å². The molecule has 0 bridgehead atoms. The van der Waals surface area contributed by atoms with Crippen LogP contribution in [0, 0.1) is 11.8 Å². The summed E-state index contributed by atoms with van der Waals surface area (Å²) in [6.45, 7) is 6.44. The molecule has 1 aromatic carbocycles. The molecule has 1 amide bonds. The zero-order chi connectivity index (χ0) is 14.5. The van der Waals surface area contributed by atoms with Gasteiger partial charge in [0.2, 0.25) is 5.91 Å². The second-order valence-electron chi connectivity index (χ2n) is 5.95. The van der Waals surface area contributed by atoms with E-state index in [1.54, 1.807) is 0 Å². The van der Waals surface area contributed by atoms with Gasteiger partial charge in [0.15, 0.2) is 0 Å². The van der Waals surface area contributed by atoms with Gasteiger partial charge in [-0.15, -0.1) is 12.4 Å². The van der Waals surface area contributed by atoms with Gasteiger partial charge in [-0.1, -0.05) is 50.6 Å². The fourth-order valence-corrected chi connectivity index (χ4v) is 3.24. The first-order valence-corrected chi connectivity index (χ1v) is 7.71. The van der Waals surface area contributed by atoms with Crippen molar-refractivity contribution in [2.75, 3.05) is 19.6 Å². The average Bonchev–Trinajstić information content (AvgIpc) is 2.91. The maximum atomic E-state index is 12.5. The van der Waals surface area contributed by atoms with Crippen molar-refractivity contribution in [3.63, 3.8) is 0 Å². The first-order valence-electron chi connectivity index (χ1n) is 7.71. The van der Waals surface area contributed by atoms with Crippen LogP contribution in [0.15, 0.2) is 30.3 Å². The largest absolute Gasteiger partial charge is 0.341 e. The molecule has 0 aliphatic carbocycles. The van der Waals surface area contributed by atoms with E-state index in [1.807, 2.05) is 17.9 Å². The number of hydrogen-bond donors (Lipinski definition) is 1. The van der Waals surface area contributed by atoms with Crippen LogP contribution in [0.5, 0.6) is 0 Å². The third kappa shape index (κ3) is 4.21. The number of nitrogens with zero attached hydrogens (tertiary/aromatic N) is 1. The lowest BCUT2D eigenvalue weighted by Gasteiger charge is -2.20. The van der Waals surface area contributed by atoms with E-state index in [1.165, 1.54) is 5.56 Å². The Labute approximate surface area is 134 Å². The Hall–Kier alpha value is -1.06. The molecule has 1 aliphatic rings. The van der Waals surface area contributed by atoms with Gasteiger partial charge in [0.1, 0.15) is 0 Å². The molecule has 0 aromatic heterocycles. The molecule has 118 valence electrons. The van der Waals surface area contributed by atoms with Gasteiger partial charge in [-0.05, 0) is 24.4 Å². The molecule has 0 spiro atoms. The van der Waals surface area contributed by atoms with Gasteiger partial charge >= 0.3 is 0 Å². The van der Waals surface area contributed by atoms with Crippen LogP contribution in [0.25, 0.3) is 0 Å². The molecule has 1 heterocycles. The van der Waals surface area contributed by atoms with Gasteiger partial charge in [-0.25, -0.2) is 0 Å². The van der Waals surface area contributed by atoms with E-state index in [2.05, 4.69) is 31.2 Å². The van der Waals surface area contributed by atoms with Crippen LogP contribution in [-0.2, 0) is 4.79 Å². The number of hydrogen-bond acceptors (Lipinski definition) is 2. The summed E-state index contributed by atoms with van der Waals surface area (Å²) >= 11 is 0. The summed E-state index contributed by atoms with van der Waals surface area (Å²) in [5, 5.41) is 0. The Morgan fingerprint density at radius 2 is 2.00 bits per heavy atom.